The molecule has 2 aliphatic heterocycles. The summed E-state index contributed by atoms with van der Waals surface area (Å²) < 4.78 is 13.3. The van der Waals surface area contributed by atoms with Crippen molar-refractivity contribution >= 4 is 35.0 Å². The van der Waals surface area contributed by atoms with E-state index in [0.717, 1.165) is 38.5 Å². The molecule has 12 heteroatoms. The van der Waals surface area contributed by atoms with Crippen LogP contribution in [0.1, 0.15) is 18.4 Å². The molecule has 1 aromatic heterocycles. The van der Waals surface area contributed by atoms with Gasteiger partial charge in [0.15, 0.2) is 5.16 Å². The van der Waals surface area contributed by atoms with E-state index in [1.165, 1.54) is 17.8 Å². The highest BCUT2D eigenvalue weighted by Crippen LogP contribution is 2.27. The summed E-state index contributed by atoms with van der Waals surface area (Å²) in [5.74, 6) is 0.606. The molecule has 0 radical (unpaired) electrons. The van der Waals surface area contributed by atoms with Crippen molar-refractivity contribution in [1.82, 2.24) is 14.8 Å². The lowest BCUT2D eigenvalue weighted by atomic mass is 10.1. The summed E-state index contributed by atoms with van der Waals surface area (Å²) in [6.45, 7) is 5.76. The number of anilines is 2. The molecule has 2 aromatic rings. The number of rotatable bonds is 8. The lowest BCUT2D eigenvalue weighted by Gasteiger charge is -2.28. The molecule has 1 aromatic carbocycles. The highest BCUT2D eigenvalue weighted by molar-refractivity contribution is 7.99. The van der Waals surface area contributed by atoms with Crippen LogP contribution >= 0.6 is 11.8 Å². The first-order valence-electron chi connectivity index (χ1n) is 10.6. The molecule has 0 spiro atoms. The highest BCUT2D eigenvalue weighted by Gasteiger charge is 2.25. The molecule has 3 heterocycles. The quantitative estimate of drug-likeness (QED) is 0.357. The molecule has 1 amide bonds. The number of ether oxygens (including phenoxy) is 2. The van der Waals surface area contributed by atoms with Gasteiger partial charge in [0, 0.05) is 25.8 Å². The number of carbonyl (C=O) groups is 1. The molecule has 0 aliphatic carbocycles. The van der Waals surface area contributed by atoms with Crippen molar-refractivity contribution in [3.8, 4) is 0 Å². The van der Waals surface area contributed by atoms with Crippen LogP contribution in [-0.4, -0.2) is 70.4 Å². The number of nitro benzene ring substituents is 1. The molecule has 1 N–H and O–H groups in total. The van der Waals surface area contributed by atoms with E-state index in [1.54, 1.807) is 19.1 Å². The van der Waals surface area contributed by atoms with Gasteiger partial charge in [-0.2, -0.15) is 0 Å². The van der Waals surface area contributed by atoms with Crippen molar-refractivity contribution in [2.45, 2.75) is 37.6 Å². The Morgan fingerprint density at radius 2 is 2.12 bits per heavy atom. The Kier molecular flexibility index (Phi) is 7.22. The fraction of sp³-hybridized carbons (Fsp3) is 0.550. The topological polar surface area (TPSA) is 125 Å². The molecule has 2 aliphatic rings. The first kappa shape index (κ1) is 22.5. The minimum atomic E-state index is -0.458. The molecule has 11 nitrogen and oxygen atoms in total. The van der Waals surface area contributed by atoms with E-state index in [2.05, 4.69) is 20.4 Å². The van der Waals surface area contributed by atoms with E-state index in [1.807, 2.05) is 4.57 Å². The third kappa shape index (κ3) is 5.19. The second-order valence-corrected chi connectivity index (χ2v) is 8.61. The number of nitro groups is 1. The Labute approximate surface area is 189 Å². The average molecular weight is 463 g/mol. The normalized spacial score (nSPS) is 18.7. The molecule has 4 rings (SSSR count). The van der Waals surface area contributed by atoms with E-state index in [-0.39, 0.29) is 23.5 Å². The number of carbonyl (C=O) groups excluding carboxylic acids is 1. The van der Waals surface area contributed by atoms with Gasteiger partial charge in [0.2, 0.25) is 11.9 Å². The second kappa shape index (κ2) is 10.3. The van der Waals surface area contributed by atoms with Crippen molar-refractivity contribution < 1.29 is 19.2 Å². The van der Waals surface area contributed by atoms with Crippen molar-refractivity contribution in [1.29, 1.82) is 0 Å². The van der Waals surface area contributed by atoms with E-state index < -0.39 is 4.92 Å². The van der Waals surface area contributed by atoms with Gasteiger partial charge in [-0.25, -0.2) is 0 Å². The Hall–Kier alpha value is -2.70. The van der Waals surface area contributed by atoms with Gasteiger partial charge in [-0.1, -0.05) is 17.8 Å². The predicted octanol–water partition coefficient (Wildman–Crippen LogP) is 2.24. The SMILES string of the molecule is Cc1c(NC(=O)CSc2nnc(N3CCOCC3)n2CC2CCCO2)cccc1[N+](=O)[O-]. The van der Waals surface area contributed by atoms with Crippen LogP contribution in [0.2, 0.25) is 0 Å². The lowest BCUT2D eigenvalue weighted by molar-refractivity contribution is -0.385. The number of benzene rings is 1. The molecule has 1 atom stereocenters. The summed E-state index contributed by atoms with van der Waals surface area (Å²) in [5.41, 5.74) is 0.827. The first-order valence-corrected chi connectivity index (χ1v) is 11.6. The minimum Gasteiger partial charge on any atom is -0.378 e. The van der Waals surface area contributed by atoms with Gasteiger partial charge >= 0.3 is 0 Å². The maximum atomic E-state index is 12.6. The number of nitrogens with zero attached hydrogens (tertiary/aromatic N) is 5. The number of morpholine rings is 1. The molecule has 32 heavy (non-hydrogen) atoms. The van der Waals surface area contributed by atoms with Crippen LogP contribution < -0.4 is 10.2 Å². The number of hydrogen-bond acceptors (Lipinski definition) is 9. The van der Waals surface area contributed by atoms with Crippen LogP contribution in [0, 0.1) is 17.0 Å². The molecular weight excluding hydrogens is 436 g/mol. The van der Waals surface area contributed by atoms with Crippen LogP contribution in [0.3, 0.4) is 0 Å². The Morgan fingerprint density at radius 3 is 2.84 bits per heavy atom. The highest BCUT2D eigenvalue weighted by atomic mass is 32.2. The number of thioether (sulfide) groups is 1. The number of amides is 1. The third-order valence-corrected chi connectivity index (χ3v) is 6.48. The summed E-state index contributed by atoms with van der Waals surface area (Å²) in [5, 5.41) is 23.3. The zero-order valence-corrected chi connectivity index (χ0v) is 18.7. The summed E-state index contributed by atoms with van der Waals surface area (Å²) >= 11 is 1.29. The molecule has 172 valence electrons. The third-order valence-electron chi connectivity index (χ3n) is 5.51. The van der Waals surface area contributed by atoms with Gasteiger partial charge in [-0.15, -0.1) is 10.2 Å². The summed E-state index contributed by atoms with van der Waals surface area (Å²) in [6, 6.07) is 4.63. The number of hydrogen-bond donors (Lipinski definition) is 1. The lowest BCUT2D eigenvalue weighted by Crippen LogP contribution is -2.38. The number of nitrogens with one attached hydrogen (secondary N) is 1. The summed E-state index contributed by atoms with van der Waals surface area (Å²) in [7, 11) is 0. The first-order chi connectivity index (χ1) is 15.5. The number of aromatic nitrogens is 3. The molecular formula is C20H26N6O5S. The van der Waals surface area contributed by atoms with Crippen LogP contribution in [0.25, 0.3) is 0 Å². The molecule has 1 unspecified atom stereocenters. The van der Waals surface area contributed by atoms with Crippen LogP contribution in [0.5, 0.6) is 0 Å². The van der Waals surface area contributed by atoms with Gasteiger partial charge in [0.25, 0.3) is 5.69 Å². The summed E-state index contributed by atoms with van der Waals surface area (Å²) in [4.78, 5) is 25.4. The molecule has 0 saturated carbocycles. The van der Waals surface area contributed by atoms with Gasteiger partial charge < -0.3 is 19.7 Å². The standard InChI is InChI=1S/C20H26N6O5S/c1-14-16(5-2-6-17(14)26(28)29)21-18(27)13-32-20-23-22-19(24-7-10-30-11-8-24)25(20)12-15-4-3-9-31-15/h2,5-6,15H,3-4,7-13H2,1H3,(H,21,27). The zero-order valence-electron chi connectivity index (χ0n) is 17.9. The fourth-order valence-electron chi connectivity index (χ4n) is 3.81. The zero-order chi connectivity index (χ0) is 22.5. The van der Waals surface area contributed by atoms with Gasteiger partial charge in [-0.3, -0.25) is 19.5 Å². The maximum Gasteiger partial charge on any atom is 0.274 e. The second-order valence-electron chi connectivity index (χ2n) is 7.67. The minimum absolute atomic E-state index is 0.0260. The Morgan fingerprint density at radius 1 is 1.31 bits per heavy atom. The van der Waals surface area contributed by atoms with Crippen molar-refractivity contribution in [3.63, 3.8) is 0 Å². The van der Waals surface area contributed by atoms with Crippen molar-refractivity contribution in [3.05, 3.63) is 33.9 Å². The Bertz CT molecular complexity index is 971. The van der Waals surface area contributed by atoms with Crippen LogP contribution in [0.4, 0.5) is 17.3 Å². The fourth-order valence-corrected chi connectivity index (χ4v) is 4.55. The molecule has 2 fully saturated rings. The Balaban J connectivity index is 1.45. The van der Waals surface area contributed by atoms with E-state index in [0.29, 0.717) is 36.2 Å². The van der Waals surface area contributed by atoms with Crippen molar-refractivity contribution in [2.24, 2.45) is 0 Å². The monoisotopic (exact) mass is 462 g/mol. The van der Waals surface area contributed by atoms with E-state index in [4.69, 9.17) is 9.47 Å². The maximum absolute atomic E-state index is 12.6. The van der Waals surface area contributed by atoms with Crippen LogP contribution in [-0.2, 0) is 20.8 Å². The van der Waals surface area contributed by atoms with E-state index in [9.17, 15) is 14.9 Å². The van der Waals surface area contributed by atoms with Gasteiger partial charge in [-0.05, 0) is 25.8 Å². The molecule has 2 saturated heterocycles. The van der Waals surface area contributed by atoms with E-state index >= 15 is 0 Å². The predicted molar refractivity (Wildman–Crippen MR) is 119 cm³/mol. The average Bonchev–Trinajstić information content (AvgIpc) is 3.44. The van der Waals surface area contributed by atoms with Crippen molar-refractivity contribution in [2.75, 3.05) is 48.9 Å². The largest absolute Gasteiger partial charge is 0.378 e. The summed E-state index contributed by atoms with van der Waals surface area (Å²) in [6.07, 6.45) is 2.12. The smallest absolute Gasteiger partial charge is 0.274 e. The van der Waals surface area contributed by atoms with Gasteiger partial charge in [0.05, 0.1) is 47.8 Å². The van der Waals surface area contributed by atoms with Gasteiger partial charge in [0.1, 0.15) is 0 Å². The molecule has 0 bridgehead atoms. The van der Waals surface area contributed by atoms with Crippen LogP contribution in [0.15, 0.2) is 23.4 Å².